The van der Waals surface area contributed by atoms with Gasteiger partial charge in [0.15, 0.2) is 0 Å². The van der Waals surface area contributed by atoms with Gasteiger partial charge in [-0.1, -0.05) is 18.2 Å². The van der Waals surface area contributed by atoms with E-state index in [2.05, 4.69) is 30.1 Å². The minimum atomic E-state index is 0.426. The number of carbonyl (C=O) groups excluding carboxylic acids is 1. The lowest BCUT2D eigenvalue weighted by molar-refractivity contribution is 0.543. The third-order valence-electron chi connectivity index (χ3n) is 3.24. The molecule has 0 aromatic heterocycles. The predicted octanol–water partition coefficient (Wildman–Crippen LogP) is 2.75. The molecule has 0 heterocycles. The van der Waals surface area contributed by atoms with Gasteiger partial charge in [0.1, 0.15) is 0 Å². The summed E-state index contributed by atoms with van der Waals surface area (Å²) >= 11 is 0. The highest BCUT2D eigenvalue weighted by atomic mass is 16.1. The molecule has 0 saturated heterocycles. The van der Waals surface area contributed by atoms with E-state index in [0.717, 1.165) is 6.42 Å². The van der Waals surface area contributed by atoms with Crippen LogP contribution in [0.1, 0.15) is 35.4 Å². The Bertz CT molecular complexity index is 405. The molecule has 0 bridgehead atoms. The zero-order chi connectivity index (χ0) is 10.7. The lowest BCUT2D eigenvalue weighted by Crippen LogP contribution is -2.13. The average molecular weight is 201 g/mol. The van der Waals surface area contributed by atoms with Gasteiger partial charge >= 0.3 is 0 Å². The van der Waals surface area contributed by atoms with Crippen LogP contribution in [0.4, 0.5) is 0 Å². The Morgan fingerprint density at radius 2 is 2.40 bits per heavy atom. The summed E-state index contributed by atoms with van der Waals surface area (Å²) in [7, 11) is 0. The molecule has 1 aromatic carbocycles. The Balaban J connectivity index is 2.33. The van der Waals surface area contributed by atoms with E-state index in [1.54, 1.807) is 6.08 Å². The van der Waals surface area contributed by atoms with Gasteiger partial charge in [-0.25, -0.2) is 9.79 Å². The van der Waals surface area contributed by atoms with Crippen LogP contribution in [0, 0.1) is 6.92 Å². The number of aryl methyl sites for hydroxylation is 1. The molecule has 1 unspecified atom stereocenters. The van der Waals surface area contributed by atoms with Crippen LogP contribution in [-0.4, -0.2) is 12.6 Å². The highest BCUT2D eigenvalue weighted by Gasteiger charge is 2.20. The second-order valence-electron chi connectivity index (χ2n) is 4.16. The number of isocyanates is 1. The van der Waals surface area contributed by atoms with E-state index < -0.39 is 0 Å². The summed E-state index contributed by atoms with van der Waals surface area (Å²) in [6.07, 6.45) is 5.15. The van der Waals surface area contributed by atoms with Crippen LogP contribution in [0.15, 0.2) is 23.2 Å². The molecule has 0 saturated carbocycles. The Morgan fingerprint density at radius 1 is 1.53 bits per heavy atom. The fraction of sp³-hybridized carbons (Fsp3) is 0.462. The Labute approximate surface area is 90.0 Å². The van der Waals surface area contributed by atoms with E-state index >= 15 is 0 Å². The van der Waals surface area contributed by atoms with Gasteiger partial charge in [-0.2, -0.15) is 0 Å². The van der Waals surface area contributed by atoms with E-state index in [9.17, 15) is 4.79 Å². The van der Waals surface area contributed by atoms with Gasteiger partial charge in [-0.05, 0) is 42.9 Å². The van der Waals surface area contributed by atoms with Gasteiger partial charge in [0, 0.05) is 5.92 Å². The summed E-state index contributed by atoms with van der Waals surface area (Å²) in [6, 6.07) is 6.42. The van der Waals surface area contributed by atoms with Crippen molar-refractivity contribution in [2.75, 3.05) is 6.54 Å². The first-order valence-corrected chi connectivity index (χ1v) is 5.45. The summed E-state index contributed by atoms with van der Waals surface area (Å²) in [6.45, 7) is 2.75. The van der Waals surface area contributed by atoms with Crippen molar-refractivity contribution < 1.29 is 4.79 Å². The van der Waals surface area contributed by atoms with Crippen molar-refractivity contribution in [3.8, 4) is 0 Å². The van der Waals surface area contributed by atoms with Crippen molar-refractivity contribution in [2.45, 2.75) is 32.1 Å². The van der Waals surface area contributed by atoms with Crippen LogP contribution in [0.2, 0.25) is 0 Å². The molecule has 78 valence electrons. The molecular weight excluding hydrogens is 186 g/mol. The second kappa shape index (κ2) is 4.41. The van der Waals surface area contributed by atoms with Crippen LogP contribution in [0.5, 0.6) is 0 Å². The molecule has 2 rings (SSSR count). The normalized spacial score (nSPS) is 19.1. The van der Waals surface area contributed by atoms with Gasteiger partial charge in [-0.3, -0.25) is 0 Å². The Kier molecular flexibility index (Phi) is 2.98. The minimum absolute atomic E-state index is 0.426. The molecule has 2 nitrogen and oxygen atoms in total. The third kappa shape index (κ3) is 2.00. The molecule has 1 aliphatic rings. The topological polar surface area (TPSA) is 29.4 Å². The van der Waals surface area contributed by atoms with Gasteiger partial charge in [-0.15, -0.1) is 0 Å². The number of hydrogen-bond donors (Lipinski definition) is 0. The molecule has 2 heteroatoms. The van der Waals surface area contributed by atoms with Gasteiger partial charge in [0.25, 0.3) is 0 Å². The maximum absolute atomic E-state index is 10.1. The standard InChI is InChI=1S/C13H15NO/c1-10-4-2-7-13-11(8-14-9-15)5-3-6-12(10)13/h2,4,7,11H,3,5-6,8H2,1H3. The summed E-state index contributed by atoms with van der Waals surface area (Å²) in [5, 5.41) is 0. The predicted molar refractivity (Wildman–Crippen MR) is 59.8 cm³/mol. The molecule has 0 spiro atoms. The number of hydrogen-bond acceptors (Lipinski definition) is 2. The maximum atomic E-state index is 10.1. The van der Waals surface area contributed by atoms with Crippen LogP contribution in [0.25, 0.3) is 0 Å². The molecule has 1 aliphatic carbocycles. The number of benzene rings is 1. The van der Waals surface area contributed by atoms with Crippen LogP contribution >= 0.6 is 0 Å². The molecule has 1 atom stereocenters. The first-order chi connectivity index (χ1) is 7.33. The van der Waals surface area contributed by atoms with E-state index in [4.69, 9.17) is 0 Å². The molecule has 0 amide bonds. The van der Waals surface area contributed by atoms with Crippen molar-refractivity contribution in [3.05, 3.63) is 34.9 Å². The van der Waals surface area contributed by atoms with Crippen molar-refractivity contribution in [1.82, 2.24) is 0 Å². The number of nitrogens with zero attached hydrogens (tertiary/aromatic N) is 1. The van der Waals surface area contributed by atoms with Gasteiger partial charge in [0.2, 0.25) is 6.08 Å². The number of rotatable bonds is 2. The fourth-order valence-corrected chi connectivity index (χ4v) is 2.47. The molecule has 15 heavy (non-hydrogen) atoms. The van der Waals surface area contributed by atoms with Crippen LogP contribution in [-0.2, 0) is 11.2 Å². The van der Waals surface area contributed by atoms with Gasteiger partial charge < -0.3 is 0 Å². The van der Waals surface area contributed by atoms with Crippen LogP contribution in [0.3, 0.4) is 0 Å². The van der Waals surface area contributed by atoms with Crippen molar-refractivity contribution in [2.24, 2.45) is 4.99 Å². The molecule has 0 N–H and O–H groups in total. The summed E-state index contributed by atoms with van der Waals surface area (Å²) in [4.78, 5) is 13.9. The Hall–Kier alpha value is -1.40. The highest BCUT2D eigenvalue weighted by Crippen LogP contribution is 2.33. The molecule has 0 radical (unpaired) electrons. The fourth-order valence-electron chi connectivity index (χ4n) is 2.47. The lowest BCUT2D eigenvalue weighted by Gasteiger charge is -2.25. The smallest absolute Gasteiger partial charge is 0.211 e. The van der Waals surface area contributed by atoms with E-state index in [1.165, 1.54) is 29.5 Å². The van der Waals surface area contributed by atoms with Gasteiger partial charge in [0.05, 0.1) is 6.54 Å². The van der Waals surface area contributed by atoms with E-state index in [1.807, 2.05) is 0 Å². The first-order valence-electron chi connectivity index (χ1n) is 5.45. The molecule has 0 aliphatic heterocycles. The third-order valence-corrected chi connectivity index (χ3v) is 3.24. The van der Waals surface area contributed by atoms with E-state index in [-0.39, 0.29) is 0 Å². The maximum Gasteiger partial charge on any atom is 0.234 e. The Morgan fingerprint density at radius 3 is 3.20 bits per heavy atom. The SMILES string of the molecule is Cc1cccc2c1CCCC2CN=C=O. The zero-order valence-electron chi connectivity index (χ0n) is 8.99. The van der Waals surface area contributed by atoms with E-state index in [0.29, 0.717) is 12.5 Å². The number of aliphatic imine (C=N–C) groups is 1. The summed E-state index contributed by atoms with van der Waals surface area (Å²) < 4.78 is 0. The lowest BCUT2D eigenvalue weighted by atomic mass is 9.81. The number of fused-ring (bicyclic) bond motifs is 1. The van der Waals surface area contributed by atoms with Crippen molar-refractivity contribution >= 4 is 6.08 Å². The minimum Gasteiger partial charge on any atom is -0.211 e. The molecular formula is C13H15NO. The average Bonchev–Trinajstić information content (AvgIpc) is 2.27. The quantitative estimate of drug-likeness (QED) is 0.534. The molecule has 0 fully saturated rings. The monoisotopic (exact) mass is 201 g/mol. The second-order valence-corrected chi connectivity index (χ2v) is 4.16. The molecule has 1 aromatic rings. The summed E-state index contributed by atoms with van der Waals surface area (Å²) in [5.41, 5.74) is 4.22. The van der Waals surface area contributed by atoms with Crippen molar-refractivity contribution in [1.29, 1.82) is 0 Å². The van der Waals surface area contributed by atoms with Crippen LogP contribution < -0.4 is 0 Å². The van der Waals surface area contributed by atoms with Crippen molar-refractivity contribution in [3.63, 3.8) is 0 Å². The summed E-state index contributed by atoms with van der Waals surface area (Å²) in [5.74, 6) is 0.426. The zero-order valence-corrected chi connectivity index (χ0v) is 8.99. The highest BCUT2D eigenvalue weighted by molar-refractivity contribution is 5.39. The first kappa shape index (κ1) is 10.1. The largest absolute Gasteiger partial charge is 0.234 e.